The molecule has 17 heavy (non-hydrogen) atoms. The van der Waals surface area contributed by atoms with Crippen LogP contribution in [0.2, 0.25) is 0 Å². The minimum Gasteiger partial charge on any atom is -0.481 e. The zero-order chi connectivity index (χ0) is 12.6. The average molecular weight is 240 g/mol. The maximum absolute atomic E-state index is 13.6. The molecule has 0 aliphatic heterocycles. The Bertz CT molecular complexity index is 499. The molecular formula is C12H10F2O3. The van der Waals surface area contributed by atoms with Crippen LogP contribution in [0.5, 0.6) is 0 Å². The van der Waals surface area contributed by atoms with Crippen LogP contribution >= 0.6 is 0 Å². The molecule has 5 heteroatoms. The van der Waals surface area contributed by atoms with Crippen molar-refractivity contribution < 1.29 is 23.5 Å². The van der Waals surface area contributed by atoms with Crippen LogP contribution in [0.15, 0.2) is 18.2 Å². The Morgan fingerprint density at radius 2 is 2.06 bits per heavy atom. The fourth-order valence-electron chi connectivity index (χ4n) is 2.27. The summed E-state index contributed by atoms with van der Waals surface area (Å²) in [4.78, 5) is 22.5. The van der Waals surface area contributed by atoms with Gasteiger partial charge in [0.1, 0.15) is 22.8 Å². The zero-order valence-electron chi connectivity index (χ0n) is 8.87. The average Bonchev–Trinajstić information content (AvgIpc) is 2.61. The van der Waals surface area contributed by atoms with Crippen LogP contribution in [0, 0.1) is 11.6 Å². The summed E-state index contributed by atoms with van der Waals surface area (Å²) in [6.45, 7) is 0. The van der Waals surface area contributed by atoms with Crippen molar-refractivity contribution in [3.8, 4) is 0 Å². The second-order valence-corrected chi connectivity index (χ2v) is 4.23. The predicted octanol–water partition coefficient (Wildman–Crippen LogP) is 2.04. The Hall–Kier alpha value is -1.78. The number of Topliss-reactive ketones (excluding diaryl/α,β-unsaturated/α-hetero) is 1. The molecule has 3 nitrogen and oxygen atoms in total. The highest BCUT2D eigenvalue weighted by Gasteiger charge is 2.48. The second kappa shape index (κ2) is 3.91. The number of hydrogen-bond acceptors (Lipinski definition) is 2. The first-order valence-electron chi connectivity index (χ1n) is 5.16. The Balaban J connectivity index is 2.54. The molecule has 0 spiro atoms. The topological polar surface area (TPSA) is 54.4 Å². The van der Waals surface area contributed by atoms with Gasteiger partial charge in [0.2, 0.25) is 0 Å². The highest BCUT2D eigenvalue weighted by molar-refractivity contribution is 5.94. The van der Waals surface area contributed by atoms with Gasteiger partial charge >= 0.3 is 5.97 Å². The number of halogens is 2. The van der Waals surface area contributed by atoms with Crippen molar-refractivity contribution in [2.45, 2.75) is 24.7 Å². The second-order valence-electron chi connectivity index (χ2n) is 4.23. The molecule has 1 aliphatic carbocycles. The lowest BCUT2D eigenvalue weighted by atomic mass is 9.78. The van der Waals surface area contributed by atoms with Crippen LogP contribution in [0.1, 0.15) is 24.8 Å². The molecule has 1 atom stereocenters. The molecule has 1 N–H and O–H groups in total. The molecule has 0 aromatic heterocycles. The number of carbonyl (C=O) groups is 2. The van der Waals surface area contributed by atoms with Crippen molar-refractivity contribution in [2.75, 3.05) is 0 Å². The molecule has 1 unspecified atom stereocenters. The number of ketones is 1. The summed E-state index contributed by atoms with van der Waals surface area (Å²) in [5.41, 5.74) is -1.65. The van der Waals surface area contributed by atoms with Crippen LogP contribution < -0.4 is 0 Å². The largest absolute Gasteiger partial charge is 0.481 e. The molecule has 90 valence electrons. The fraction of sp³-hybridized carbons (Fsp3) is 0.333. The third-order valence-corrected chi connectivity index (χ3v) is 3.19. The molecule has 1 saturated carbocycles. The van der Waals surface area contributed by atoms with Gasteiger partial charge in [0.25, 0.3) is 0 Å². The highest BCUT2D eigenvalue weighted by atomic mass is 19.1. The molecular weight excluding hydrogens is 230 g/mol. The van der Waals surface area contributed by atoms with E-state index in [0.717, 1.165) is 12.1 Å². The Morgan fingerprint density at radius 1 is 1.35 bits per heavy atom. The van der Waals surface area contributed by atoms with E-state index in [1.807, 2.05) is 0 Å². The van der Waals surface area contributed by atoms with E-state index in [9.17, 15) is 23.5 Å². The molecule has 0 bridgehead atoms. The van der Waals surface area contributed by atoms with E-state index in [1.165, 1.54) is 0 Å². The van der Waals surface area contributed by atoms with Crippen molar-refractivity contribution in [2.24, 2.45) is 0 Å². The van der Waals surface area contributed by atoms with Crippen molar-refractivity contribution in [3.63, 3.8) is 0 Å². The summed E-state index contributed by atoms with van der Waals surface area (Å²) in [6.07, 6.45) is -0.0578. The zero-order valence-corrected chi connectivity index (χ0v) is 8.87. The first-order valence-corrected chi connectivity index (χ1v) is 5.16. The predicted molar refractivity (Wildman–Crippen MR) is 54.5 cm³/mol. The first kappa shape index (κ1) is 11.7. The molecule has 2 rings (SSSR count). The standard InChI is InChI=1S/C12H10F2O3/c13-7-1-2-9(10(14)5-7)12(11(16)17)4-3-8(15)6-12/h1-2,5H,3-4,6H2,(H,16,17). The number of carboxylic acids is 1. The lowest BCUT2D eigenvalue weighted by Gasteiger charge is -2.23. The molecule has 0 saturated heterocycles. The van der Waals surface area contributed by atoms with Crippen molar-refractivity contribution in [3.05, 3.63) is 35.4 Å². The third-order valence-electron chi connectivity index (χ3n) is 3.19. The van der Waals surface area contributed by atoms with Crippen molar-refractivity contribution >= 4 is 11.8 Å². The summed E-state index contributed by atoms with van der Waals surface area (Å²) < 4.78 is 26.4. The van der Waals surface area contributed by atoms with Crippen LogP contribution in [0.4, 0.5) is 8.78 Å². The Morgan fingerprint density at radius 3 is 2.53 bits per heavy atom. The highest BCUT2D eigenvalue weighted by Crippen LogP contribution is 2.40. The fourth-order valence-corrected chi connectivity index (χ4v) is 2.27. The Labute approximate surface area is 96.1 Å². The van der Waals surface area contributed by atoms with E-state index in [4.69, 9.17) is 0 Å². The van der Waals surface area contributed by atoms with Crippen molar-refractivity contribution in [1.29, 1.82) is 0 Å². The molecule has 1 aliphatic rings. The van der Waals surface area contributed by atoms with Gasteiger partial charge in [-0.3, -0.25) is 9.59 Å². The minimum absolute atomic E-state index is 0.0592. The summed E-state index contributed by atoms with van der Waals surface area (Å²) in [6, 6.07) is 2.76. The van der Waals surface area contributed by atoms with E-state index in [-0.39, 0.29) is 30.6 Å². The number of benzene rings is 1. The smallest absolute Gasteiger partial charge is 0.314 e. The number of carbonyl (C=O) groups excluding carboxylic acids is 1. The van der Waals surface area contributed by atoms with Gasteiger partial charge in [-0.15, -0.1) is 0 Å². The van der Waals surface area contributed by atoms with Crippen LogP contribution in [-0.2, 0) is 15.0 Å². The molecule has 1 aromatic rings. The van der Waals surface area contributed by atoms with Gasteiger partial charge in [-0.05, 0) is 12.5 Å². The third kappa shape index (κ3) is 1.81. The monoisotopic (exact) mass is 240 g/mol. The number of aliphatic carboxylic acids is 1. The van der Waals surface area contributed by atoms with E-state index < -0.39 is 23.0 Å². The quantitative estimate of drug-likeness (QED) is 0.860. The van der Waals surface area contributed by atoms with Gasteiger partial charge in [-0.2, -0.15) is 0 Å². The van der Waals surface area contributed by atoms with Gasteiger partial charge in [-0.1, -0.05) is 6.07 Å². The molecule has 0 radical (unpaired) electrons. The molecule has 0 heterocycles. The maximum Gasteiger partial charge on any atom is 0.314 e. The SMILES string of the molecule is O=C1CCC(C(=O)O)(c2ccc(F)cc2F)C1. The van der Waals surface area contributed by atoms with E-state index >= 15 is 0 Å². The number of rotatable bonds is 2. The molecule has 0 amide bonds. The van der Waals surface area contributed by atoms with Crippen LogP contribution in [0.25, 0.3) is 0 Å². The lowest BCUT2D eigenvalue weighted by Crippen LogP contribution is -2.34. The molecule has 1 fully saturated rings. The van der Waals surface area contributed by atoms with Gasteiger partial charge in [0, 0.05) is 24.5 Å². The Kier molecular flexibility index (Phi) is 2.69. The van der Waals surface area contributed by atoms with Gasteiger partial charge in [-0.25, -0.2) is 8.78 Å². The van der Waals surface area contributed by atoms with E-state index in [0.29, 0.717) is 6.07 Å². The lowest BCUT2D eigenvalue weighted by molar-refractivity contribution is -0.144. The van der Waals surface area contributed by atoms with Gasteiger partial charge < -0.3 is 5.11 Å². The van der Waals surface area contributed by atoms with Crippen molar-refractivity contribution in [1.82, 2.24) is 0 Å². The number of hydrogen-bond donors (Lipinski definition) is 1. The van der Waals surface area contributed by atoms with Crippen LogP contribution in [-0.4, -0.2) is 16.9 Å². The number of carboxylic acid groups (broad SMARTS) is 1. The molecule has 1 aromatic carbocycles. The summed E-state index contributed by atoms with van der Waals surface area (Å²) in [5, 5.41) is 9.22. The maximum atomic E-state index is 13.6. The van der Waals surface area contributed by atoms with Gasteiger partial charge in [0.05, 0.1) is 0 Å². The minimum atomic E-state index is -1.53. The first-order chi connectivity index (χ1) is 7.95. The summed E-state index contributed by atoms with van der Waals surface area (Å²) in [7, 11) is 0. The van der Waals surface area contributed by atoms with E-state index in [1.54, 1.807) is 0 Å². The summed E-state index contributed by atoms with van der Waals surface area (Å²) in [5.74, 6) is -3.14. The normalized spacial score (nSPS) is 24.0. The van der Waals surface area contributed by atoms with Gasteiger partial charge in [0.15, 0.2) is 0 Å². The van der Waals surface area contributed by atoms with Crippen LogP contribution in [0.3, 0.4) is 0 Å². The summed E-state index contributed by atoms with van der Waals surface area (Å²) >= 11 is 0. The van der Waals surface area contributed by atoms with E-state index in [2.05, 4.69) is 0 Å².